The normalized spacial score (nSPS) is 19.3. The first-order valence-corrected chi connectivity index (χ1v) is 10.2. The molecule has 0 bridgehead atoms. The zero-order valence-corrected chi connectivity index (χ0v) is 17.1. The molecule has 0 radical (unpaired) electrons. The zero-order chi connectivity index (χ0) is 20.0. The fourth-order valence-electron chi connectivity index (χ4n) is 3.90. The predicted octanol–water partition coefficient (Wildman–Crippen LogP) is 2.73. The lowest BCUT2D eigenvalue weighted by molar-refractivity contribution is -0.115. The summed E-state index contributed by atoms with van der Waals surface area (Å²) in [5.74, 6) is 1.03. The Morgan fingerprint density at radius 3 is 2.55 bits per heavy atom. The summed E-state index contributed by atoms with van der Waals surface area (Å²) in [5, 5.41) is 3.04. The van der Waals surface area contributed by atoms with Crippen molar-refractivity contribution in [1.29, 1.82) is 0 Å². The molecule has 0 saturated carbocycles. The van der Waals surface area contributed by atoms with Crippen LogP contribution in [0.4, 0.5) is 0 Å². The van der Waals surface area contributed by atoms with E-state index < -0.39 is 5.66 Å². The van der Waals surface area contributed by atoms with Crippen LogP contribution in [0.25, 0.3) is 0 Å². The molecule has 2 amide bonds. The van der Waals surface area contributed by atoms with Crippen LogP contribution in [0.2, 0.25) is 0 Å². The molecule has 3 heterocycles. The minimum atomic E-state index is -0.634. The second kappa shape index (κ2) is 6.88. The molecule has 0 aliphatic carbocycles. The maximum atomic E-state index is 12.9. The molecule has 2 aromatic carbocycles. The number of aliphatic imine (C=N–C) groups is 1. The Morgan fingerprint density at radius 1 is 1.07 bits per heavy atom. The minimum Gasteiger partial charge on any atom is -0.454 e. The van der Waals surface area contributed by atoms with Crippen LogP contribution in [-0.2, 0) is 4.79 Å². The van der Waals surface area contributed by atoms with E-state index in [1.165, 1.54) is 0 Å². The number of halogens is 1. The summed E-state index contributed by atoms with van der Waals surface area (Å²) in [6, 6.07) is 12.8. The fourth-order valence-corrected chi connectivity index (χ4v) is 4.16. The number of nitrogens with one attached hydrogen (secondary N) is 1. The smallest absolute Gasteiger partial charge is 0.272 e. The Labute approximate surface area is 175 Å². The van der Waals surface area contributed by atoms with Crippen LogP contribution in [0.1, 0.15) is 28.8 Å². The van der Waals surface area contributed by atoms with Gasteiger partial charge < -0.3 is 19.7 Å². The van der Waals surface area contributed by atoms with E-state index in [-0.39, 0.29) is 18.6 Å². The number of carbonyl (C=O) groups excluding carboxylic acids is 2. The zero-order valence-electron chi connectivity index (χ0n) is 15.5. The van der Waals surface area contributed by atoms with Crippen LogP contribution in [0, 0.1) is 0 Å². The quantitative estimate of drug-likeness (QED) is 0.754. The molecule has 2 aromatic rings. The van der Waals surface area contributed by atoms with E-state index in [0.29, 0.717) is 48.7 Å². The highest BCUT2D eigenvalue weighted by Crippen LogP contribution is 2.34. The number of amides is 2. The number of carbonyl (C=O) groups is 2. The van der Waals surface area contributed by atoms with Gasteiger partial charge in [-0.2, -0.15) is 0 Å². The first kappa shape index (κ1) is 18.2. The summed E-state index contributed by atoms with van der Waals surface area (Å²) >= 11 is 3.40. The number of hydrogen-bond acceptors (Lipinski definition) is 5. The first-order valence-electron chi connectivity index (χ1n) is 9.40. The van der Waals surface area contributed by atoms with E-state index in [1.54, 1.807) is 23.1 Å². The third-order valence-corrected chi connectivity index (χ3v) is 6.03. The predicted molar refractivity (Wildman–Crippen MR) is 109 cm³/mol. The van der Waals surface area contributed by atoms with Gasteiger partial charge in [0.2, 0.25) is 6.79 Å². The molecule has 5 rings (SSSR count). The highest BCUT2D eigenvalue weighted by atomic mass is 79.9. The fraction of sp³-hybridized carbons (Fsp3) is 0.286. The average molecular weight is 456 g/mol. The average Bonchev–Trinajstić information content (AvgIpc) is 3.32. The Bertz CT molecular complexity index is 1030. The van der Waals surface area contributed by atoms with E-state index in [4.69, 9.17) is 14.5 Å². The van der Waals surface area contributed by atoms with E-state index in [9.17, 15) is 9.59 Å². The van der Waals surface area contributed by atoms with Gasteiger partial charge in [0.05, 0.1) is 0 Å². The monoisotopic (exact) mass is 455 g/mol. The molecule has 29 heavy (non-hydrogen) atoms. The SMILES string of the molecule is O=C1NC2(CCN(C(=O)c3ccc4c(c3)OCO4)CC2)N=C1c1ccc(Br)cc1. The van der Waals surface area contributed by atoms with Gasteiger partial charge in [-0.15, -0.1) is 0 Å². The molecule has 7 nitrogen and oxygen atoms in total. The summed E-state index contributed by atoms with van der Waals surface area (Å²) in [7, 11) is 0. The van der Waals surface area contributed by atoms with Crippen molar-refractivity contribution >= 4 is 33.5 Å². The van der Waals surface area contributed by atoms with Gasteiger partial charge in [0, 0.05) is 41.5 Å². The van der Waals surface area contributed by atoms with Gasteiger partial charge in [-0.05, 0) is 30.3 Å². The molecule has 3 aliphatic rings. The lowest BCUT2D eigenvalue weighted by Gasteiger charge is -2.37. The summed E-state index contributed by atoms with van der Waals surface area (Å²) < 4.78 is 11.6. The maximum Gasteiger partial charge on any atom is 0.272 e. The highest BCUT2D eigenvalue weighted by molar-refractivity contribution is 9.10. The van der Waals surface area contributed by atoms with Crippen molar-refractivity contribution in [2.75, 3.05) is 19.9 Å². The third-order valence-electron chi connectivity index (χ3n) is 5.50. The van der Waals surface area contributed by atoms with Crippen molar-refractivity contribution in [3.63, 3.8) is 0 Å². The second-order valence-corrected chi connectivity index (χ2v) is 8.23. The molecule has 148 valence electrons. The Kier molecular flexibility index (Phi) is 4.31. The van der Waals surface area contributed by atoms with Gasteiger partial charge in [0.15, 0.2) is 11.5 Å². The molecule has 1 saturated heterocycles. The van der Waals surface area contributed by atoms with Crippen LogP contribution in [-0.4, -0.2) is 48.0 Å². The second-order valence-electron chi connectivity index (χ2n) is 7.31. The van der Waals surface area contributed by atoms with Crippen molar-refractivity contribution in [2.45, 2.75) is 18.5 Å². The summed E-state index contributed by atoms with van der Waals surface area (Å²) in [6.07, 6.45) is 1.16. The van der Waals surface area contributed by atoms with Crippen LogP contribution >= 0.6 is 15.9 Å². The summed E-state index contributed by atoms with van der Waals surface area (Å²) in [6.45, 7) is 1.22. The molecule has 3 aliphatic heterocycles. The summed E-state index contributed by atoms with van der Waals surface area (Å²) in [5.41, 5.74) is 1.18. The number of nitrogens with zero attached hydrogens (tertiary/aromatic N) is 2. The summed E-state index contributed by atoms with van der Waals surface area (Å²) in [4.78, 5) is 31.9. The minimum absolute atomic E-state index is 0.0559. The number of ether oxygens (including phenoxy) is 2. The number of fused-ring (bicyclic) bond motifs is 1. The van der Waals surface area contributed by atoms with Crippen molar-refractivity contribution in [1.82, 2.24) is 10.2 Å². The van der Waals surface area contributed by atoms with Crippen molar-refractivity contribution in [3.8, 4) is 11.5 Å². The number of rotatable bonds is 2. The van der Waals surface area contributed by atoms with E-state index >= 15 is 0 Å². The van der Waals surface area contributed by atoms with Gasteiger partial charge in [-0.1, -0.05) is 28.1 Å². The van der Waals surface area contributed by atoms with E-state index in [1.807, 2.05) is 24.3 Å². The first-order chi connectivity index (χ1) is 14.0. The highest BCUT2D eigenvalue weighted by Gasteiger charge is 2.43. The lowest BCUT2D eigenvalue weighted by Crippen LogP contribution is -2.52. The molecule has 8 heteroatoms. The number of hydrogen-bond donors (Lipinski definition) is 1. The van der Waals surface area contributed by atoms with Crippen LogP contribution in [0.3, 0.4) is 0 Å². The molecule has 0 aromatic heterocycles. The maximum absolute atomic E-state index is 12.9. The van der Waals surface area contributed by atoms with E-state index in [0.717, 1.165) is 10.0 Å². The van der Waals surface area contributed by atoms with Crippen molar-refractivity contribution < 1.29 is 19.1 Å². The van der Waals surface area contributed by atoms with Crippen LogP contribution in [0.5, 0.6) is 11.5 Å². The lowest BCUT2D eigenvalue weighted by atomic mass is 9.97. The molecule has 1 fully saturated rings. The Hall–Kier alpha value is -2.87. The molecule has 1 N–H and O–H groups in total. The molecular formula is C21H18BrN3O4. The van der Waals surface area contributed by atoms with Gasteiger partial charge in [-0.3, -0.25) is 14.6 Å². The number of piperidine rings is 1. The molecule has 0 atom stereocenters. The number of benzene rings is 2. The molecular weight excluding hydrogens is 438 g/mol. The third kappa shape index (κ3) is 3.27. The molecule has 1 spiro atoms. The van der Waals surface area contributed by atoms with Crippen LogP contribution < -0.4 is 14.8 Å². The Morgan fingerprint density at radius 2 is 1.79 bits per heavy atom. The van der Waals surface area contributed by atoms with E-state index in [2.05, 4.69) is 21.2 Å². The van der Waals surface area contributed by atoms with Crippen LogP contribution in [0.15, 0.2) is 51.9 Å². The van der Waals surface area contributed by atoms with Gasteiger partial charge in [0.25, 0.3) is 11.8 Å². The standard InChI is InChI=1S/C21H18BrN3O4/c22-15-4-1-13(2-5-15)18-19(26)24-21(23-18)7-9-25(10-8-21)20(27)14-3-6-16-17(11-14)29-12-28-16/h1-6,11H,7-10,12H2,(H,24,26). The van der Waals surface area contributed by atoms with Gasteiger partial charge in [0.1, 0.15) is 11.4 Å². The number of likely N-dealkylation sites (tertiary alicyclic amines) is 1. The van der Waals surface area contributed by atoms with Gasteiger partial charge in [-0.25, -0.2) is 0 Å². The largest absolute Gasteiger partial charge is 0.454 e. The topological polar surface area (TPSA) is 80.2 Å². The van der Waals surface area contributed by atoms with Crippen molar-refractivity contribution in [2.24, 2.45) is 4.99 Å². The van der Waals surface area contributed by atoms with Gasteiger partial charge >= 0.3 is 0 Å². The molecule has 0 unspecified atom stereocenters. The van der Waals surface area contributed by atoms with Crippen molar-refractivity contribution in [3.05, 3.63) is 58.1 Å². The Balaban J connectivity index is 1.30.